The van der Waals surface area contributed by atoms with Crippen molar-refractivity contribution in [3.8, 4) is 6.07 Å². The minimum Gasteiger partial charge on any atom is -0.410 e. The van der Waals surface area contributed by atoms with Crippen LogP contribution in [-0.2, 0) is 0 Å². The highest BCUT2D eigenvalue weighted by atomic mass is 79.9. The molecule has 1 N–H and O–H groups in total. The van der Waals surface area contributed by atoms with Crippen molar-refractivity contribution >= 4 is 20.6 Å². The highest BCUT2D eigenvalue weighted by Gasteiger charge is 1.98. The zero-order chi connectivity index (χ0) is 8.97. The van der Waals surface area contributed by atoms with Gasteiger partial charge in [0.2, 0.25) is 0 Å². The van der Waals surface area contributed by atoms with Crippen molar-refractivity contribution in [3.05, 3.63) is 35.4 Å². The third-order valence-electron chi connectivity index (χ3n) is 1.34. The predicted molar refractivity (Wildman–Crippen MR) is 48.4 cm³/mol. The Kier molecular flexibility index (Phi) is 2.83. The van der Waals surface area contributed by atoms with E-state index in [-0.39, 0.29) is 0 Å². The van der Waals surface area contributed by atoms with E-state index in [1.54, 1.807) is 24.3 Å². The zero-order valence-corrected chi connectivity index (χ0v) is 7.62. The quantitative estimate of drug-likeness (QED) is 0.452. The fraction of sp³-hybridized carbons (Fsp3) is 0. The molecule has 0 atom stereocenters. The van der Waals surface area contributed by atoms with Gasteiger partial charge in [-0.1, -0.05) is 17.3 Å². The number of hydrogen-bond acceptors (Lipinski definition) is 3. The molecule has 0 saturated heterocycles. The Labute approximate surface area is 78.1 Å². The highest BCUT2D eigenvalue weighted by molar-refractivity contribution is 9.18. The lowest BCUT2D eigenvalue weighted by atomic mass is 10.2. The average Bonchev–Trinajstić information content (AvgIpc) is 2.17. The number of benzene rings is 1. The number of oxime groups is 1. The van der Waals surface area contributed by atoms with Gasteiger partial charge in [-0.3, -0.25) is 0 Å². The van der Waals surface area contributed by atoms with Crippen molar-refractivity contribution in [2.24, 2.45) is 5.16 Å². The second kappa shape index (κ2) is 3.88. The summed E-state index contributed by atoms with van der Waals surface area (Å²) in [6, 6.07) is 8.70. The summed E-state index contributed by atoms with van der Waals surface area (Å²) in [5.41, 5.74) is 1.31. The number of hydrogen-bond donors (Lipinski definition) is 1. The maximum Gasteiger partial charge on any atom is 0.152 e. The van der Waals surface area contributed by atoms with E-state index in [9.17, 15) is 0 Å². The van der Waals surface area contributed by atoms with E-state index < -0.39 is 0 Å². The zero-order valence-electron chi connectivity index (χ0n) is 6.03. The largest absolute Gasteiger partial charge is 0.410 e. The summed E-state index contributed by atoms with van der Waals surface area (Å²) in [6.07, 6.45) is 0. The number of halogens is 1. The first kappa shape index (κ1) is 8.75. The van der Waals surface area contributed by atoms with Crippen LogP contribution < -0.4 is 0 Å². The molecule has 12 heavy (non-hydrogen) atoms. The van der Waals surface area contributed by atoms with E-state index in [2.05, 4.69) is 21.1 Å². The Morgan fingerprint density at radius 3 is 2.42 bits per heavy atom. The Morgan fingerprint density at radius 2 is 2.00 bits per heavy atom. The molecule has 0 aromatic heterocycles. The van der Waals surface area contributed by atoms with Gasteiger partial charge in [0.15, 0.2) is 4.62 Å². The summed E-state index contributed by atoms with van der Waals surface area (Å²) in [5.74, 6) is 0. The van der Waals surface area contributed by atoms with Crippen LogP contribution in [0.4, 0.5) is 0 Å². The second-order valence-electron chi connectivity index (χ2n) is 2.08. The predicted octanol–water partition coefficient (Wildman–Crippen LogP) is 2.09. The molecule has 3 nitrogen and oxygen atoms in total. The number of nitriles is 1. The van der Waals surface area contributed by atoms with Crippen LogP contribution >= 0.6 is 15.9 Å². The van der Waals surface area contributed by atoms with Gasteiger partial charge >= 0.3 is 0 Å². The standard InChI is InChI=1S/C8H5BrN2O/c9-8(11-12)7-3-1-6(5-10)2-4-7/h1-4,12H. The fourth-order valence-corrected chi connectivity index (χ4v) is 1.00. The van der Waals surface area contributed by atoms with E-state index in [1.807, 2.05) is 6.07 Å². The minimum absolute atomic E-state index is 0.354. The van der Waals surface area contributed by atoms with E-state index in [4.69, 9.17) is 10.5 Å². The van der Waals surface area contributed by atoms with Crippen molar-refractivity contribution in [1.29, 1.82) is 5.26 Å². The van der Waals surface area contributed by atoms with Crippen LogP contribution in [0.25, 0.3) is 0 Å². The lowest BCUT2D eigenvalue weighted by molar-refractivity contribution is 0.321. The summed E-state index contributed by atoms with van der Waals surface area (Å²) in [7, 11) is 0. The van der Waals surface area contributed by atoms with Crippen molar-refractivity contribution < 1.29 is 5.21 Å². The van der Waals surface area contributed by atoms with Crippen LogP contribution in [0.3, 0.4) is 0 Å². The van der Waals surface area contributed by atoms with Crippen LogP contribution in [0.15, 0.2) is 29.4 Å². The average molecular weight is 225 g/mol. The SMILES string of the molecule is N#Cc1ccc(C(Br)=NO)cc1. The lowest BCUT2D eigenvalue weighted by Crippen LogP contribution is -1.89. The van der Waals surface area contributed by atoms with Gasteiger partial charge in [0.05, 0.1) is 11.6 Å². The van der Waals surface area contributed by atoms with Crippen LogP contribution in [-0.4, -0.2) is 9.83 Å². The molecule has 0 heterocycles. The molecule has 1 aromatic carbocycles. The molecule has 0 unspecified atom stereocenters. The first-order valence-electron chi connectivity index (χ1n) is 3.16. The first-order chi connectivity index (χ1) is 5.77. The van der Waals surface area contributed by atoms with Crippen LogP contribution in [0.1, 0.15) is 11.1 Å². The molecular weight excluding hydrogens is 220 g/mol. The summed E-state index contributed by atoms with van der Waals surface area (Å²) in [4.78, 5) is 0. The van der Waals surface area contributed by atoms with Crippen molar-refractivity contribution in [1.82, 2.24) is 0 Å². The van der Waals surface area contributed by atoms with Crippen molar-refractivity contribution in [2.45, 2.75) is 0 Å². The number of rotatable bonds is 1. The van der Waals surface area contributed by atoms with E-state index in [1.165, 1.54) is 0 Å². The Balaban J connectivity index is 3.02. The van der Waals surface area contributed by atoms with Crippen molar-refractivity contribution in [3.63, 3.8) is 0 Å². The molecule has 0 fully saturated rings. The van der Waals surface area contributed by atoms with Crippen molar-refractivity contribution in [2.75, 3.05) is 0 Å². The third kappa shape index (κ3) is 1.83. The first-order valence-corrected chi connectivity index (χ1v) is 3.95. The van der Waals surface area contributed by atoms with Gasteiger partial charge in [0.1, 0.15) is 0 Å². The van der Waals surface area contributed by atoms with Gasteiger partial charge in [0, 0.05) is 5.56 Å². The van der Waals surface area contributed by atoms with Gasteiger partial charge in [-0.25, -0.2) is 0 Å². The molecule has 0 aliphatic heterocycles. The Hall–Kier alpha value is -1.34. The van der Waals surface area contributed by atoms with Gasteiger partial charge in [-0.2, -0.15) is 5.26 Å². The van der Waals surface area contributed by atoms with Gasteiger partial charge in [-0.15, -0.1) is 0 Å². The molecule has 0 saturated carbocycles. The second-order valence-corrected chi connectivity index (χ2v) is 2.83. The van der Waals surface area contributed by atoms with Gasteiger partial charge < -0.3 is 5.21 Å². The summed E-state index contributed by atoms with van der Waals surface area (Å²) in [6.45, 7) is 0. The van der Waals surface area contributed by atoms with Gasteiger partial charge in [-0.05, 0) is 28.1 Å². The molecule has 0 radical (unpaired) electrons. The molecule has 0 spiro atoms. The molecular formula is C8H5BrN2O. The molecule has 0 bridgehead atoms. The molecule has 1 aromatic rings. The fourth-order valence-electron chi connectivity index (χ4n) is 0.740. The maximum atomic E-state index is 8.48. The van der Waals surface area contributed by atoms with Crippen LogP contribution in [0, 0.1) is 11.3 Å². The smallest absolute Gasteiger partial charge is 0.152 e. The minimum atomic E-state index is 0.354. The van der Waals surface area contributed by atoms with E-state index in [0.29, 0.717) is 10.2 Å². The van der Waals surface area contributed by atoms with Crippen LogP contribution in [0.2, 0.25) is 0 Å². The number of nitrogens with zero attached hydrogens (tertiary/aromatic N) is 2. The molecule has 0 aliphatic carbocycles. The normalized spacial score (nSPS) is 10.8. The molecule has 1 rings (SSSR count). The topological polar surface area (TPSA) is 56.4 Å². The summed E-state index contributed by atoms with van der Waals surface area (Å²) >= 11 is 3.05. The lowest BCUT2D eigenvalue weighted by Gasteiger charge is -1.94. The van der Waals surface area contributed by atoms with Gasteiger partial charge in [0.25, 0.3) is 0 Å². The Bertz CT molecular complexity index is 337. The molecule has 4 heteroatoms. The summed E-state index contributed by atoms with van der Waals surface area (Å²) < 4.78 is 0.354. The van der Waals surface area contributed by atoms with E-state index in [0.717, 1.165) is 5.56 Å². The van der Waals surface area contributed by atoms with Crippen LogP contribution in [0.5, 0.6) is 0 Å². The Morgan fingerprint density at radius 1 is 1.42 bits per heavy atom. The summed E-state index contributed by atoms with van der Waals surface area (Å²) in [5, 5.41) is 19.8. The van der Waals surface area contributed by atoms with E-state index >= 15 is 0 Å². The highest BCUT2D eigenvalue weighted by Crippen LogP contribution is 2.08. The molecule has 60 valence electrons. The molecule has 0 amide bonds. The maximum absolute atomic E-state index is 8.48. The monoisotopic (exact) mass is 224 g/mol. The molecule has 0 aliphatic rings. The third-order valence-corrected chi connectivity index (χ3v) is 1.96.